The standard InChI is InChI=1S/C16H14N2O/c1-11-7-8-17-16(9-11)18-10-14(12(2)19)13-5-3-4-6-15(13)18/h3-10H,1-2H3. The summed E-state index contributed by atoms with van der Waals surface area (Å²) >= 11 is 0. The number of pyridine rings is 1. The summed E-state index contributed by atoms with van der Waals surface area (Å²) in [6.07, 6.45) is 3.65. The number of hydrogen-bond donors (Lipinski definition) is 0. The van der Waals surface area contributed by atoms with Crippen molar-refractivity contribution in [3.05, 3.63) is 59.9 Å². The highest BCUT2D eigenvalue weighted by atomic mass is 16.1. The van der Waals surface area contributed by atoms with Gasteiger partial charge in [0.15, 0.2) is 5.78 Å². The van der Waals surface area contributed by atoms with Crippen molar-refractivity contribution >= 4 is 16.7 Å². The highest BCUT2D eigenvalue weighted by Gasteiger charge is 2.12. The fraction of sp³-hybridized carbons (Fsp3) is 0.125. The molecule has 0 atom stereocenters. The fourth-order valence-corrected chi connectivity index (χ4v) is 2.30. The number of Topliss-reactive ketones (excluding diaryl/α,β-unsaturated/α-hetero) is 1. The van der Waals surface area contributed by atoms with Crippen LogP contribution in [0.15, 0.2) is 48.8 Å². The van der Waals surface area contributed by atoms with E-state index < -0.39 is 0 Å². The van der Waals surface area contributed by atoms with E-state index in [0.717, 1.165) is 27.8 Å². The molecule has 0 fully saturated rings. The minimum atomic E-state index is 0.0719. The highest BCUT2D eigenvalue weighted by Crippen LogP contribution is 2.24. The minimum Gasteiger partial charge on any atom is -0.300 e. The molecule has 2 heterocycles. The second kappa shape index (κ2) is 4.35. The van der Waals surface area contributed by atoms with Crippen LogP contribution in [0.5, 0.6) is 0 Å². The van der Waals surface area contributed by atoms with E-state index >= 15 is 0 Å². The molecule has 0 N–H and O–H groups in total. The summed E-state index contributed by atoms with van der Waals surface area (Å²) in [6.45, 7) is 3.62. The summed E-state index contributed by atoms with van der Waals surface area (Å²) in [4.78, 5) is 16.1. The van der Waals surface area contributed by atoms with Crippen LogP contribution in [0.25, 0.3) is 16.7 Å². The zero-order valence-corrected chi connectivity index (χ0v) is 10.9. The molecule has 0 bridgehead atoms. The Labute approximate surface area is 111 Å². The van der Waals surface area contributed by atoms with Crippen molar-refractivity contribution in [2.45, 2.75) is 13.8 Å². The summed E-state index contributed by atoms with van der Waals surface area (Å²) in [5.74, 6) is 0.909. The van der Waals surface area contributed by atoms with Crippen molar-refractivity contribution in [1.82, 2.24) is 9.55 Å². The predicted molar refractivity (Wildman–Crippen MR) is 75.8 cm³/mol. The van der Waals surface area contributed by atoms with E-state index in [4.69, 9.17) is 0 Å². The summed E-state index contributed by atoms with van der Waals surface area (Å²) in [5.41, 5.74) is 2.89. The number of hydrogen-bond acceptors (Lipinski definition) is 2. The molecule has 3 heteroatoms. The third-order valence-electron chi connectivity index (χ3n) is 3.24. The Morgan fingerprint density at radius 2 is 2.00 bits per heavy atom. The number of ketones is 1. The quantitative estimate of drug-likeness (QED) is 0.652. The molecule has 0 unspecified atom stereocenters. The Hall–Kier alpha value is -2.42. The molecular weight excluding hydrogens is 236 g/mol. The first-order valence-corrected chi connectivity index (χ1v) is 6.21. The van der Waals surface area contributed by atoms with Gasteiger partial charge in [-0.1, -0.05) is 18.2 Å². The molecule has 3 rings (SSSR count). The molecule has 0 aliphatic carbocycles. The number of carbonyl (C=O) groups excluding carboxylic acids is 1. The van der Waals surface area contributed by atoms with Crippen LogP contribution in [-0.4, -0.2) is 15.3 Å². The van der Waals surface area contributed by atoms with E-state index in [1.807, 2.05) is 54.1 Å². The lowest BCUT2D eigenvalue weighted by Gasteiger charge is -2.04. The first-order valence-electron chi connectivity index (χ1n) is 6.21. The van der Waals surface area contributed by atoms with Crippen molar-refractivity contribution in [2.24, 2.45) is 0 Å². The Morgan fingerprint density at radius 1 is 1.21 bits per heavy atom. The molecule has 94 valence electrons. The van der Waals surface area contributed by atoms with Crippen LogP contribution in [0.2, 0.25) is 0 Å². The van der Waals surface area contributed by atoms with Gasteiger partial charge < -0.3 is 4.57 Å². The van der Waals surface area contributed by atoms with Crippen LogP contribution in [0.1, 0.15) is 22.8 Å². The Morgan fingerprint density at radius 3 is 2.74 bits per heavy atom. The number of aryl methyl sites for hydroxylation is 1. The molecule has 0 amide bonds. The lowest BCUT2D eigenvalue weighted by Crippen LogP contribution is -1.96. The van der Waals surface area contributed by atoms with Crippen molar-refractivity contribution in [3.63, 3.8) is 0 Å². The maximum Gasteiger partial charge on any atom is 0.161 e. The van der Waals surface area contributed by atoms with Gasteiger partial charge in [0.1, 0.15) is 5.82 Å². The number of fused-ring (bicyclic) bond motifs is 1. The average molecular weight is 250 g/mol. The van der Waals surface area contributed by atoms with Crippen LogP contribution in [0.4, 0.5) is 0 Å². The molecule has 0 radical (unpaired) electrons. The van der Waals surface area contributed by atoms with Gasteiger partial charge in [0, 0.05) is 23.3 Å². The lowest BCUT2D eigenvalue weighted by molar-refractivity contribution is 0.101. The number of rotatable bonds is 2. The topological polar surface area (TPSA) is 34.9 Å². The molecule has 0 aliphatic rings. The number of nitrogens with zero attached hydrogens (tertiary/aromatic N) is 2. The van der Waals surface area contributed by atoms with Gasteiger partial charge in [-0.15, -0.1) is 0 Å². The summed E-state index contributed by atoms with van der Waals surface area (Å²) in [5, 5.41) is 0.971. The molecule has 0 spiro atoms. The van der Waals surface area contributed by atoms with E-state index in [2.05, 4.69) is 4.98 Å². The summed E-state index contributed by atoms with van der Waals surface area (Å²) in [7, 11) is 0. The van der Waals surface area contributed by atoms with Gasteiger partial charge in [-0.3, -0.25) is 4.79 Å². The van der Waals surface area contributed by atoms with Gasteiger partial charge in [-0.05, 0) is 37.6 Å². The third-order valence-corrected chi connectivity index (χ3v) is 3.24. The molecule has 19 heavy (non-hydrogen) atoms. The van der Waals surface area contributed by atoms with Crippen molar-refractivity contribution in [1.29, 1.82) is 0 Å². The number of aromatic nitrogens is 2. The van der Waals surface area contributed by atoms with E-state index in [-0.39, 0.29) is 5.78 Å². The minimum absolute atomic E-state index is 0.0719. The maximum atomic E-state index is 11.7. The largest absolute Gasteiger partial charge is 0.300 e. The van der Waals surface area contributed by atoms with Crippen LogP contribution in [-0.2, 0) is 0 Å². The zero-order chi connectivity index (χ0) is 13.4. The Kier molecular flexibility index (Phi) is 2.67. The predicted octanol–water partition coefficient (Wildman–Crippen LogP) is 3.54. The van der Waals surface area contributed by atoms with Gasteiger partial charge in [0.2, 0.25) is 0 Å². The van der Waals surface area contributed by atoms with Crippen LogP contribution >= 0.6 is 0 Å². The van der Waals surface area contributed by atoms with Crippen LogP contribution in [0.3, 0.4) is 0 Å². The van der Waals surface area contributed by atoms with Gasteiger partial charge >= 0.3 is 0 Å². The van der Waals surface area contributed by atoms with Crippen LogP contribution in [0, 0.1) is 6.92 Å². The summed E-state index contributed by atoms with van der Waals surface area (Å²) < 4.78 is 1.97. The second-order valence-corrected chi connectivity index (χ2v) is 4.68. The van der Waals surface area contributed by atoms with E-state index in [1.54, 1.807) is 13.1 Å². The third kappa shape index (κ3) is 1.93. The van der Waals surface area contributed by atoms with E-state index in [1.165, 1.54) is 0 Å². The van der Waals surface area contributed by atoms with Crippen LogP contribution < -0.4 is 0 Å². The van der Waals surface area contributed by atoms with E-state index in [9.17, 15) is 4.79 Å². The molecule has 3 aromatic rings. The number of benzene rings is 1. The monoisotopic (exact) mass is 250 g/mol. The molecule has 3 nitrogen and oxygen atoms in total. The first kappa shape index (κ1) is 11.7. The second-order valence-electron chi connectivity index (χ2n) is 4.68. The van der Waals surface area contributed by atoms with Gasteiger partial charge in [0.25, 0.3) is 0 Å². The normalized spacial score (nSPS) is 10.8. The Bertz CT molecular complexity index is 771. The van der Waals surface area contributed by atoms with Crippen molar-refractivity contribution in [3.8, 4) is 5.82 Å². The molecule has 0 saturated heterocycles. The number of carbonyl (C=O) groups is 1. The molecule has 1 aromatic carbocycles. The average Bonchev–Trinajstić information content (AvgIpc) is 2.78. The maximum absolute atomic E-state index is 11.7. The first-order chi connectivity index (χ1) is 9.16. The van der Waals surface area contributed by atoms with E-state index in [0.29, 0.717) is 0 Å². The van der Waals surface area contributed by atoms with Gasteiger partial charge in [0.05, 0.1) is 5.52 Å². The summed E-state index contributed by atoms with van der Waals surface area (Å²) in [6, 6.07) is 11.9. The molecule has 2 aromatic heterocycles. The van der Waals surface area contributed by atoms with Gasteiger partial charge in [-0.25, -0.2) is 4.98 Å². The highest BCUT2D eigenvalue weighted by molar-refractivity contribution is 6.07. The SMILES string of the molecule is CC(=O)c1cn(-c2cc(C)ccn2)c2ccccc12. The van der Waals surface area contributed by atoms with Crippen molar-refractivity contribution < 1.29 is 4.79 Å². The zero-order valence-electron chi connectivity index (χ0n) is 10.9. The van der Waals surface area contributed by atoms with Gasteiger partial charge in [-0.2, -0.15) is 0 Å². The molecule has 0 aliphatic heterocycles. The molecule has 0 saturated carbocycles. The lowest BCUT2D eigenvalue weighted by atomic mass is 10.1. The van der Waals surface area contributed by atoms with Crippen molar-refractivity contribution in [2.75, 3.05) is 0 Å². The molecular formula is C16H14N2O. The fourth-order valence-electron chi connectivity index (χ4n) is 2.30. The smallest absolute Gasteiger partial charge is 0.161 e. The number of para-hydroxylation sites is 1. The Balaban J connectivity index is 2.33.